The van der Waals surface area contributed by atoms with E-state index in [0.717, 1.165) is 32.1 Å². The van der Waals surface area contributed by atoms with Crippen LogP contribution in [0.15, 0.2) is 29.3 Å². The van der Waals surface area contributed by atoms with Crippen LogP contribution in [0.3, 0.4) is 0 Å². The van der Waals surface area contributed by atoms with Gasteiger partial charge in [-0.1, -0.05) is 31.4 Å². The molecule has 0 aliphatic carbocycles. The van der Waals surface area contributed by atoms with Gasteiger partial charge in [0.1, 0.15) is 0 Å². The molecule has 3 N–H and O–H groups in total. The molecule has 0 bridgehead atoms. The van der Waals surface area contributed by atoms with E-state index in [1.165, 1.54) is 25.3 Å². The molecule has 1 rings (SSSR count). The molecule has 0 aromatic heterocycles. The Hall–Kier alpha value is -2.45. The monoisotopic (exact) mass is 375 g/mol. The number of esters is 1. The van der Waals surface area contributed by atoms with Gasteiger partial charge in [-0.05, 0) is 25.0 Å². The predicted molar refractivity (Wildman–Crippen MR) is 93.0 cm³/mol. The number of nitrogens with zero attached hydrogens (tertiary/aromatic N) is 1. The zero-order valence-electron chi connectivity index (χ0n) is 14.6. The Labute approximate surface area is 150 Å². The molecule has 6 nitrogen and oxygen atoms in total. The van der Waals surface area contributed by atoms with E-state index in [4.69, 9.17) is 5.73 Å². The smallest absolute Gasteiger partial charge is 0.469 e. The van der Waals surface area contributed by atoms with Gasteiger partial charge in [-0.25, -0.2) is 0 Å². The van der Waals surface area contributed by atoms with Gasteiger partial charge in [0.25, 0.3) is 0 Å². The summed E-state index contributed by atoms with van der Waals surface area (Å²) in [6.45, 7) is 0.456. The highest BCUT2D eigenvalue weighted by molar-refractivity contribution is 5.93. The second-order valence-corrected chi connectivity index (χ2v) is 5.53. The van der Waals surface area contributed by atoms with Crippen molar-refractivity contribution in [2.45, 2.75) is 44.9 Å². The van der Waals surface area contributed by atoms with Gasteiger partial charge in [-0.3, -0.25) is 9.79 Å². The molecule has 0 spiro atoms. The van der Waals surface area contributed by atoms with E-state index in [1.54, 1.807) is 6.07 Å². The maximum atomic E-state index is 12.4. The Morgan fingerprint density at radius 2 is 1.81 bits per heavy atom. The molecule has 1 aromatic rings. The Morgan fingerprint density at radius 3 is 2.50 bits per heavy atom. The van der Waals surface area contributed by atoms with Crippen LogP contribution in [-0.4, -0.2) is 31.9 Å². The Bertz CT molecular complexity index is 592. The first kappa shape index (κ1) is 21.6. The van der Waals surface area contributed by atoms with Crippen molar-refractivity contribution in [1.82, 2.24) is 0 Å². The first-order valence-electron chi connectivity index (χ1n) is 8.30. The highest BCUT2D eigenvalue weighted by Gasteiger charge is 2.32. The molecule has 0 fully saturated rings. The van der Waals surface area contributed by atoms with Gasteiger partial charge in [-0.15, -0.1) is 13.2 Å². The number of aliphatic imine (C=N–C) groups is 1. The molecular formula is C17H24F3N3O3. The lowest BCUT2D eigenvalue weighted by atomic mass is 10.1. The van der Waals surface area contributed by atoms with E-state index < -0.39 is 6.36 Å². The summed E-state index contributed by atoms with van der Waals surface area (Å²) >= 11 is 0. The summed E-state index contributed by atoms with van der Waals surface area (Å²) in [6, 6.07) is 5.61. The summed E-state index contributed by atoms with van der Waals surface area (Å²) in [7, 11) is 1.37. The number of carbonyl (C=O) groups excluding carboxylic acids is 1. The van der Waals surface area contributed by atoms with Gasteiger partial charge in [-0.2, -0.15) is 0 Å². The predicted octanol–water partition coefficient (Wildman–Crippen LogP) is 3.83. The van der Waals surface area contributed by atoms with Crippen LogP contribution in [0, 0.1) is 0 Å². The van der Waals surface area contributed by atoms with Crippen molar-refractivity contribution in [2.75, 3.05) is 19.0 Å². The average molecular weight is 375 g/mol. The maximum Gasteiger partial charge on any atom is 0.573 e. The third-order valence-electron chi connectivity index (χ3n) is 3.42. The highest BCUT2D eigenvalue weighted by Crippen LogP contribution is 2.29. The molecule has 1 aromatic carbocycles. The third-order valence-corrected chi connectivity index (χ3v) is 3.42. The zero-order valence-corrected chi connectivity index (χ0v) is 14.6. The summed E-state index contributed by atoms with van der Waals surface area (Å²) < 4.78 is 45.6. The fraction of sp³-hybridized carbons (Fsp3) is 0.529. The molecule has 0 amide bonds. The highest BCUT2D eigenvalue weighted by atomic mass is 19.4. The maximum absolute atomic E-state index is 12.4. The molecule has 0 radical (unpaired) electrons. The Morgan fingerprint density at radius 1 is 1.15 bits per heavy atom. The van der Waals surface area contributed by atoms with Crippen molar-refractivity contribution in [3.05, 3.63) is 24.3 Å². The molecule has 26 heavy (non-hydrogen) atoms. The first-order chi connectivity index (χ1) is 12.3. The molecule has 0 saturated heterocycles. The summed E-state index contributed by atoms with van der Waals surface area (Å²) in [6.07, 6.45) is 0.0297. The molecule has 0 heterocycles. The molecule has 0 atom stereocenters. The van der Waals surface area contributed by atoms with Gasteiger partial charge in [0.05, 0.1) is 12.8 Å². The quantitative estimate of drug-likeness (QED) is 0.281. The molecule has 0 saturated carbocycles. The van der Waals surface area contributed by atoms with E-state index in [9.17, 15) is 18.0 Å². The molecule has 0 unspecified atom stereocenters. The van der Waals surface area contributed by atoms with Crippen molar-refractivity contribution in [2.24, 2.45) is 10.7 Å². The van der Waals surface area contributed by atoms with Crippen molar-refractivity contribution in [1.29, 1.82) is 0 Å². The Balaban J connectivity index is 2.31. The van der Waals surface area contributed by atoms with Crippen LogP contribution in [0.4, 0.5) is 18.9 Å². The number of hydrogen-bond donors (Lipinski definition) is 2. The molecule has 146 valence electrons. The number of nitrogens with one attached hydrogen (secondary N) is 1. The van der Waals surface area contributed by atoms with Crippen LogP contribution in [0.5, 0.6) is 5.75 Å². The summed E-state index contributed by atoms with van der Waals surface area (Å²) in [5.41, 5.74) is 5.79. The van der Waals surface area contributed by atoms with Crippen molar-refractivity contribution < 1.29 is 27.4 Å². The van der Waals surface area contributed by atoms with Crippen LogP contribution in [-0.2, 0) is 9.53 Å². The van der Waals surface area contributed by atoms with E-state index in [2.05, 4.69) is 19.8 Å². The Kier molecular flexibility index (Phi) is 9.32. The van der Waals surface area contributed by atoms with Gasteiger partial charge in [0.2, 0.25) is 0 Å². The number of methoxy groups -OCH3 is 1. The fourth-order valence-electron chi connectivity index (χ4n) is 2.17. The number of hydrogen-bond acceptors (Lipinski definition) is 4. The zero-order chi connectivity index (χ0) is 19.4. The fourth-order valence-corrected chi connectivity index (χ4v) is 2.17. The summed E-state index contributed by atoms with van der Waals surface area (Å²) in [4.78, 5) is 15.0. The third kappa shape index (κ3) is 9.75. The number of halogens is 3. The molecular weight excluding hydrogens is 351 g/mol. The van der Waals surface area contributed by atoms with Crippen molar-refractivity contribution >= 4 is 17.6 Å². The van der Waals surface area contributed by atoms with Crippen LogP contribution in [0.1, 0.15) is 38.5 Å². The van der Waals surface area contributed by atoms with Gasteiger partial charge in [0, 0.05) is 13.0 Å². The normalized spacial score (nSPS) is 11.9. The SMILES string of the molecule is COC(=O)CCCCCCCN=C(N)Nc1ccccc1OC(F)(F)F. The van der Waals surface area contributed by atoms with Crippen LogP contribution in [0.2, 0.25) is 0 Å². The molecule has 0 aliphatic heterocycles. The second kappa shape index (κ2) is 11.2. The lowest BCUT2D eigenvalue weighted by Gasteiger charge is -2.14. The minimum absolute atomic E-state index is 0.0221. The van der Waals surface area contributed by atoms with E-state index in [-0.39, 0.29) is 23.4 Å². The van der Waals surface area contributed by atoms with Gasteiger partial charge in [0.15, 0.2) is 11.7 Å². The summed E-state index contributed by atoms with van der Waals surface area (Å²) in [5.74, 6) is -0.555. The number of benzene rings is 1. The second-order valence-electron chi connectivity index (χ2n) is 5.53. The number of alkyl halides is 3. The lowest BCUT2D eigenvalue weighted by molar-refractivity contribution is -0.274. The van der Waals surface area contributed by atoms with Crippen LogP contribution in [0.25, 0.3) is 0 Å². The van der Waals surface area contributed by atoms with Crippen LogP contribution >= 0.6 is 0 Å². The number of anilines is 1. The topological polar surface area (TPSA) is 85.9 Å². The van der Waals surface area contributed by atoms with Gasteiger partial charge >= 0.3 is 12.3 Å². The minimum atomic E-state index is -4.78. The number of guanidine groups is 1. The standard InChI is InChI=1S/C17H24F3N3O3/c1-25-15(24)11-5-3-2-4-8-12-22-16(21)23-13-9-6-7-10-14(13)26-17(18,19)20/h6-7,9-10H,2-5,8,11-12H2,1H3,(H3,21,22,23). The first-order valence-corrected chi connectivity index (χ1v) is 8.30. The van der Waals surface area contributed by atoms with E-state index in [1.807, 2.05) is 0 Å². The van der Waals surface area contributed by atoms with Crippen molar-refractivity contribution in [3.8, 4) is 5.75 Å². The van der Waals surface area contributed by atoms with E-state index >= 15 is 0 Å². The average Bonchev–Trinajstić information content (AvgIpc) is 2.57. The molecule has 9 heteroatoms. The summed E-state index contributed by atoms with van der Waals surface area (Å²) in [5, 5.41) is 2.61. The number of carbonyl (C=O) groups is 1. The number of ether oxygens (including phenoxy) is 2. The van der Waals surface area contributed by atoms with E-state index in [0.29, 0.717) is 13.0 Å². The number of rotatable bonds is 10. The number of nitrogens with two attached hydrogens (primary N) is 1. The number of unbranched alkanes of at least 4 members (excludes halogenated alkanes) is 4. The van der Waals surface area contributed by atoms with Crippen LogP contribution < -0.4 is 15.8 Å². The van der Waals surface area contributed by atoms with Crippen molar-refractivity contribution in [3.63, 3.8) is 0 Å². The lowest BCUT2D eigenvalue weighted by Crippen LogP contribution is -2.24. The molecule has 0 aliphatic rings. The van der Waals surface area contributed by atoms with Gasteiger partial charge < -0.3 is 20.5 Å². The number of para-hydroxylation sites is 2. The minimum Gasteiger partial charge on any atom is -0.469 e. The largest absolute Gasteiger partial charge is 0.573 e.